The first-order valence-corrected chi connectivity index (χ1v) is 6.20. The summed E-state index contributed by atoms with van der Waals surface area (Å²) in [6.45, 7) is 1.79. The van der Waals surface area contributed by atoms with Gasteiger partial charge in [0.1, 0.15) is 0 Å². The molecule has 5 heteroatoms. The lowest BCUT2D eigenvalue weighted by molar-refractivity contribution is 0.429. The Bertz CT molecular complexity index is 458. The zero-order valence-corrected chi connectivity index (χ0v) is 10.5. The number of nitrogens with zero attached hydrogens (tertiary/aromatic N) is 2. The van der Waals surface area contributed by atoms with E-state index in [0.717, 1.165) is 10.2 Å². The summed E-state index contributed by atoms with van der Waals surface area (Å²) in [4.78, 5) is 0. The lowest BCUT2D eigenvalue weighted by Gasteiger charge is -2.00. The number of rotatable bonds is 3. The molecule has 0 amide bonds. The van der Waals surface area contributed by atoms with E-state index in [1.54, 1.807) is 6.92 Å². The van der Waals surface area contributed by atoms with Gasteiger partial charge < -0.3 is 4.42 Å². The Morgan fingerprint density at radius 2 is 2.13 bits per heavy atom. The van der Waals surface area contributed by atoms with Crippen LogP contribution in [0.15, 0.2) is 38.4 Å². The quantitative estimate of drug-likeness (QED) is 0.810. The van der Waals surface area contributed by atoms with Gasteiger partial charge in [0.05, 0.1) is 0 Å². The van der Waals surface area contributed by atoms with E-state index >= 15 is 0 Å². The van der Waals surface area contributed by atoms with E-state index in [0.29, 0.717) is 11.1 Å². The summed E-state index contributed by atoms with van der Waals surface area (Å²) < 4.78 is 6.38. The summed E-state index contributed by atoms with van der Waals surface area (Å²) in [5.41, 5.74) is 1.22. The minimum atomic E-state index is 0.602. The minimum absolute atomic E-state index is 0.602. The van der Waals surface area contributed by atoms with Crippen molar-refractivity contribution in [1.82, 2.24) is 10.2 Å². The van der Waals surface area contributed by atoms with Gasteiger partial charge in [0, 0.05) is 17.1 Å². The topological polar surface area (TPSA) is 38.9 Å². The van der Waals surface area contributed by atoms with Gasteiger partial charge in [-0.05, 0) is 11.6 Å². The largest absolute Gasteiger partial charge is 0.416 e. The fraction of sp³-hybridized carbons (Fsp3) is 0.200. The molecule has 1 aromatic carbocycles. The van der Waals surface area contributed by atoms with Crippen molar-refractivity contribution >= 4 is 27.7 Å². The lowest BCUT2D eigenvalue weighted by atomic mass is 10.2. The Kier molecular flexibility index (Phi) is 3.43. The van der Waals surface area contributed by atoms with E-state index in [1.165, 1.54) is 17.3 Å². The van der Waals surface area contributed by atoms with Crippen LogP contribution in [0.4, 0.5) is 0 Å². The average Bonchev–Trinajstić information content (AvgIpc) is 2.63. The number of benzene rings is 1. The molecule has 0 N–H and O–H groups in total. The predicted octanol–water partition coefficient (Wildman–Crippen LogP) is 3.43. The van der Waals surface area contributed by atoms with Crippen LogP contribution in [-0.2, 0) is 5.75 Å². The first-order chi connectivity index (χ1) is 7.25. The molecule has 1 aromatic heterocycles. The van der Waals surface area contributed by atoms with E-state index in [-0.39, 0.29) is 0 Å². The van der Waals surface area contributed by atoms with Crippen LogP contribution in [0.5, 0.6) is 0 Å². The van der Waals surface area contributed by atoms with Gasteiger partial charge >= 0.3 is 0 Å². The molecule has 78 valence electrons. The van der Waals surface area contributed by atoms with Gasteiger partial charge in [-0.2, -0.15) is 0 Å². The second-order valence-electron chi connectivity index (χ2n) is 2.97. The van der Waals surface area contributed by atoms with Crippen molar-refractivity contribution in [2.24, 2.45) is 0 Å². The van der Waals surface area contributed by atoms with Crippen LogP contribution >= 0.6 is 27.7 Å². The van der Waals surface area contributed by atoms with Crippen molar-refractivity contribution in [2.75, 3.05) is 0 Å². The summed E-state index contributed by atoms with van der Waals surface area (Å²) >= 11 is 5.03. The number of halogens is 1. The van der Waals surface area contributed by atoms with Gasteiger partial charge in [0.15, 0.2) is 0 Å². The zero-order chi connectivity index (χ0) is 10.7. The summed E-state index contributed by atoms with van der Waals surface area (Å²) in [5.74, 6) is 1.42. The highest BCUT2D eigenvalue weighted by atomic mass is 79.9. The van der Waals surface area contributed by atoms with Crippen LogP contribution in [0.25, 0.3) is 0 Å². The summed E-state index contributed by atoms with van der Waals surface area (Å²) in [6.07, 6.45) is 0. The molecule has 2 aromatic rings. The molecule has 0 radical (unpaired) electrons. The van der Waals surface area contributed by atoms with Crippen LogP contribution in [0.1, 0.15) is 11.5 Å². The van der Waals surface area contributed by atoms with Crippen LogP contribution < -0.4 is 0 Å². The molecule has 0 atom stereocenters. The highest BCUT2D eigenvalue weighted by molar-refractivity contribution is 9.10. The highest BCUT2D eigenvalue weighted by Gasteiger charge is 2.05. The molecule has 1 heterocycles. The standard InChI is InChI=1S/C10H9BrN2OS/c1-7-12-13-10(14-7)15-6-8-4-2-3-5-9(8)11/h2-5H,6H2,1H3. The number of hydrogen-bond acceptors (Lipinski definition) is 4. The highest BCUT2D eigenvalue weighted by Crippen LogP contribution is 2.25. The number of hydrogen-bond donors (Lipinski definition) is 0. The smallest absolute Gasteiger partial charge is 0.276 e. The molecule has 3 nitrogen and oxygen atoms in total. The lowest BCUT2D eigenvalue weighted by Crippen LogP contribution is -1.82. The Hall–Kier alpha value is -0.810. The fourth-order valence-electron chi connectivity index (χ4n) is 1.09. The van der Waals surface area contributed by atoms with Crippen molar-refractivity contribution in [3.63, 3.8) is 0 Å². The Labute approximate surface area is 100 Å². The molecule has 0 aliphatic heterocycles. The van der Waals surface area contributed by atoms with Gasteiger partial charge in [-0.1, -0.05) is 45.9 Å². The van der Waals surface area contributed by atoms with Crippen LogP contribution in [0.2, 0.25) is 0 Å². The number of aryl methyl sites for hydroxylation is 1. The molecule has 0 unspecified atom stereocenters. The first-order valence-electron chi connectivity index (χ1n) is 4.42. The van der Waals surface area contributed by atoms with E-state index in [9.17, 15) is 0 Å². The molecular formula is C10H9BrN2OS. The molecule has 2 rings (SSSR count). The SMILES string of the molecule is Cc1nnc(SCc2ccccc2Br)o1. The maximum atomic E-state index is 5.27. The predicted molar refractivity (Wildman–Crippen MR) is 62.7 cm³/mol. The fourth-order valence-corrected chi connectivity index (χ4v) is 2.51. The third kappa shape index (κ3) is 2.82. The Balaban J connectivity index is 2.02. The second kappa shape index (κ2) is 4.81. The molecular weight excluding hydrogens is 276 g/mol. The van der Waals surface area contributed by atoms with Gasteiger partial charge in [0.25, 0.3) is 5.22 Å². The summed E-state index contributed by atoms with van der Waals surface area (Å²) in [7, 11) is 0. The molecule has 0 aliphatic carbocycles. The first kappa shape index (κ1) is 10.7. The molecule has 0 bridgehead atoms. The van der Waals surface area contributed by atoms with E-state index in [2.05, 4.69) is 32.2 Å². The Morgan fingerprint density at radius 3 is 2.80 bits per heavy atom. The average molecular weight is 285 g/mol. The summed E-state index contributed by atoms with van der Waals surface area (Å²) in [6, 6.07) is 8.10. The van der Waals surface area contributed by atoms with Crippen molar-refractivity contribution in [3.05, 3.63) is 40.2 Å². The van der Waals surface area contributed by atoms with Crippen molar-refractivity contribution < 1.29 is 4.42 Å². The molecule has 0 spiro atoms. The second-order valence-corrected chi connectivity index (χ2v) is 4.75. The van der Waals surface area contributed by atoms with Crippen molar-refractivity contribution in [2.45, 2.75) is 17.9 Å². The van der Waals surface area contributed by atoms with Crippen LogP contribution in [0.3, 0.4) is 0 Å². The van der Waals surface area contributed by atoms with Crippen molar-refractivity contribution in [3.8, 4) is 0 Å². The normalized spacial score (nSPS) is 10.5. The minimum Gasteiger partial charge on any atom is -0.416 e. The third-order valence-corrected chi connectivity index (χ3v) is 3.46. The molecule has 15 heavy (non-hydrogen) atoms. The monoisotopic (exact) mass is 284 g/mol. The van der Waals surface area contributed by atoms with Gasteiger partial charge in [-0.15, -0.1) is 10.2 Å². The maximum absolute atomic E-state index is 5.27. The maximum Gasteiger partial charge on any atom is 0.276 e. The third-order valence-electron chi connectivity index (χ3n) is 1.82. The van der Waals surface area contributed by atoms with Gasteiger partial charge in [-0.25, -0.2) is 0 Å². The van der Waals surface area contributed by atoms with Gasteiger partial charge in [-0.3, -0.25) is 0 Å². The van der Waals surface area contributed by atoms with E-state index in [1.807, 2.05) is 18.2 Å². The molecule has 0 fully saturated rings. The summed E-state index contributed by atoms with van der Waals surface area (Å²) in [5, 5.41) is 8.31. The zero-order valence-electron chi connectivity index (χ0n) is 8.11. The number of thioether (sulfide) groups is 1. The van der Waals surface area contributed by atoms with Crippen molar-refractivity contribution in [1.29, 1.82) is 0 Å². The van der Waals surface area contributed by atoms with Crippen LogP contribution in [0, 0.1) is 6.92 Å². The molecule has 0 saturated carbocycles. The van der Waals surface area contributed by atoms with E-state index < -0.39 is 0 Å². The molecule has 0 saturated heterocycles. The number of aromatic nitrogens is 2. The van der Waals surface area contributed by atoms with Crippen LogP contribution in [-0.4, -0.2) is 10.2 Å². The van der Waals surface area contributed by atoms with Gasteiger partial charge in [0.2, 0.25) is 5.89 Å². The van der Waals surface area contributed by atoms with E-state index in [4.69, 9.17) is 4.42 Å². The Morgan fingerprint density at radius 1 is 1.33 bits per heavy atom. The molecule has 0 aliphatic rings.